The van der Waals surface area contributed by atoms with Crippen LogP contribution in [0.4, 0.5) is 13.2 Å². The summed E-state index contributed by atoms with van der Waals surface area (Å²) in [5, 5.41) is 0. The van der Waals surface area contributed by atoms with Crippen LogP contribution >= 0.6 is 0 Å². The standard InChI is InChI=1S/C28H29F3N2O2/c1-21(17-32(18-22-11-5-2-6-12-22)19-23-13-7-3-8-14-23)26(34)33-25(24-15-9-4-10-16-24)20-35-27(33)28(29,30)31/h2-16,21,25,27H,17-20H2,1H3/t21-,25+,27+/m1/s1. The van der Waals surface area contributed by atoms with Gasteiger partial charge in [-0.05, 0) is 16.7 Å². The van der Waals surface area contributed by atoms with Crippen molar-refractivity contribution in [3.05, 3.63) is 108 Å². The number of hydrogen-bond donors (Lipinski definition) is 0. The second kappa shape index (κ2) is 11.1. The van der Waals surface area contributed by atoms with E-state index < -0.39 is 30.3 Å². The van der Waals surface area contributed by atoms with Crippen molar-refractivity contribution in [3.63, 3.8) is 0 Å². The van der Waals surface area contributed by atoms with Crippen LogP contribution in [-0.4, -0.2) is 41.3 Å². The minimum absolute atomic E-state index is 0.190. The Bertz CT molecular complexity index is 1040. The molecule has 1 aliphatic rings. The SMILES string of the molecule is C[C@H](CN(Cc1ccccc1)Cc1ccccc1)C(=O)N1[C@H](C(F)(F)F)OC[C@H]1c1ccccc1. The van der Waals surface area contributed by atoms with E-state index in [1.165, 1.54) is 0 Å². The van der Waals surface area contributed by atoms with Gasteiger partial charge in [0.05, 0.1) is 12.6 Å². The molecule has 184 valence electrons. The molecule has 35 heavy (non-hydrogen) atoms. The van der Waals surface area contributed by atoms with Crippen LogP contribution in [0.2, 0.25) is 0 Å². The molecule has 1 saturated heterocycles. The van der Waals surface area contributed by atoms with Gasteiger partial charge in [-0.15, -0.1) is 0 Å². The van der Waals surface area contributed by atoms with Crippen LogP contribution in [0.25, 0.3) is 0 Å². The van der Waals surface area contributed by atoms with E-state index in [2.05, 4.69) is 4.90 Å². The van der Waals surface area contributed by atoms with E-state index >= 15 is 0 Å². The summed E-state index contributed by atoms with van der Waals surface area (Å²) in [5.74, 6) is -1.23. The predicted molar refractivity (Wildman–Crippen MR) is 128 cm³/mol. The van der Waals surface area contributed by atoms with Gasteiger partial charge in [0.1, 0.15) is 0 Å². The number of benzene rings is 3. The van der Waals surface area contributed by atoms with Crippen LogP contribution in [-0.2, 0) is 22.6 Å². The summed E-state index contributed by atoms with van der Waals surface area (Å²) in [7, 11) is 0. The van der Waals surface area contributed by atoms with Gasteiger partial charge in [-0.1, -0.05) is 97.9 Å². The molecular weight excluding hydrogens is 453 g/mol. The Hall–Kier alpha value is -3.16. The first-order chi connectivity index (χ1) is 16.8. The summed E-state index contributed by atoms with van der Waals surface area (Å²) in [6, 6.07) is 27.7. The molecule has 1 aliphatic heterocycles. The van der Waals surface area contributed by atoms with Gasteiger partial charge in [0.25, 0.3) is 0 Å². The highest BCUT2D eigenvalue weighted by molar-refractivity contribution is 5.80. The molecule has 0 spiro atoms. The maximum Gasteiger partial charge on any atom is 0.433 e. The lowest BCUT2D eigenvalue weighted by molar-refractivity contribution is -0.240. The van der Waals surface area contributed by atoms with Gasteiger partial charge in [0, 0.05) is 25.6 Å². The monoisotopic (exact) mass is 482 g/mol. The summed E-state index contributed by atoms with van der Waals surface area (Å²) >= 11 is 0. The summed E-state index contributed by atoms with van der Waals surface area (Å²) < 4.78 is 46.6. The van der Waals surface area contributed by atoms with Gasteiger partial charge in [-0.3, -0.25) is 14.6 Å². The van der Waals surface area contributed by atoms with E-state index in [1.807, 2.05) is 60.7 Å². The maximum absolute atomic E-state index is 13.8. The van der Waals surface area contributed by atoms with Crippen molar-refractivity contribution in [1.29, 1.82) is 0 Å². The Kier molecular flexibility index (Phi) is 7.88. The number of alkyl halides is 3. The Morgan fingerprint density at radius 2 is 1.40 bits per heavy atom. The molecule has 0 bridgehead atoms. The van der Waals surface area contributed by atoms with Crippen molar-refractivity contribution < 1.29 is 22.7 Å². The zero-order valence-corrected chi connectivity index (χ0v) is 19.6. The molecule has 1 fully saturated rings. The zero-order chi connectivity index (χ0) is 24.8. The summed E-state index contributed by atoms with van der Waals surface area (Å²) in [6.45, 7) is 2.97. The lowest BCUT2D eigenvalue weighted by Crippen LogP contribution is -2.49. The van der Waals surface area contributed by atoms with Gasteiger partial charge in [-0.2, -0.15) is 13.2 Å². The van der Waals surface area contributed by atoms with Crippen molar-refractivity contribution in [2.24, 2.45) is 5.92 Å². The summed E-state index contributed by atoms with van der Waals surface area (Å²) in [4.78, 5) is 16.5. The van der Waals surface area contributed by atoms with Crippen molar-refractivity contribution in [1.82, 2.24) is 9.80 Å². The van der Waals surface area contributed by atoms with Gasteiger partial charge in [0.15, 0.2) is 0 Å². The van der Waals surface area contributed by atoms with E-state index in [4.69, 9.17) is 4.74 Å². The molecule has 0 unspecified atom stereocenters. The normalized spacial score (nSPS) is 19.2. The van der Waals surface area contributed by atoms with Crippen molar-refractivity contribution in [2.75, 3.05) is 13.2 Å². The first-order valence-corrected chi connectivity index (χ1v) is 11.7. The average Bonchev–Trinajstić information content (AvgIpc) is 3.31. The van der Waals surface area contributed by atoms with Gasteiger partial charge >= 0.3 is 6.18 Å². The third kappa shape index (κ3) is 6.29. The Morgan fingerprint density at radius 3 is 1.89 bits per heavy atom. The number of ether oxygens (including phenoxy) is 1. The highest BCUT2D eigenvalue weighted by atomic mass is 19.4. The van der Waals surface area contributed by atoms with Crippen LogP contribution in [0.15, 0.2) is 91.0 Å². The van der Waals surface area contributed by atoms with Gasteiger partial charge in [-0.25, -0.2) is 0 Å². The Balaban J connectivity index is 1.56. The second-order valence-corrected chi connectivity index (χ2v) is 8.94. The minimum Gasteiger partial charge on any atom is -0.347 e. The molecule has 0 N–H and O–H groups in total. The van der Waals surface area contributed by atoms with Crippen LogP contribution in [0, 0.1) is 5.92 Å². The molecule has 3 atom stereocenters. The molecule has 4 nitrogen and oxygen atoms in total. The summed E-state index contributed by atoms with van der Waals surface area (Å²) in [5.41, 5.74) is 2.77. The van der Waals surface area contributed by atoms with Crippen LogP contribution < -0.4 is 0 Å². The van der Waals surface area contributed by atoms with E-state index in [-0.39, 0.29) is 6.61 Å². The molecule has 0 aromatic heterocycles. The predicted octanol–water partition coefficient (Wildman–Crippen LogP) is 5.81. The molecule has 4 rings (SSSR count). The first kappa shape index (κ1) is 24.9. The van der Waals surface area contributed by atoms with Gasteiger partial charge in [0.2, 0.25) is 12.1 Å². The highest BCUT2D eigenvalue weighted by Crippen LogP contribution is 2.39. The molecule has 7 heteroatoms. The number of rotatable bonds is 8. The van der Waals surface area contributed by atoms with Crippen molar-refractivity contribution in [3.8, 4) is 0 Å². The smallest absolute Gasteiger partial charge is 0.347 e. The quantitative estimate of drug-likeness (QED) is 0.406. The average molecular weight is 483 g/mol. The topological polar surface area (TPSA) is 32.8 Å². The van der Waals surface area contributed by atoms with Crippen LogP contribution in [0.3, 0.4) is 0 Å². The summed E-state index contributed by atoms with van der Waals surface area (Å²) in [6.07, 6.45) is -6.92. The number of amides is 1. The number of carbonyl (C=O) groups is 1. The van der Waals surface area contributed by atoms with Crippen molar-refractivity contribution in [2.45, 2.75) is 38.5 Å². The van der Waals surface area contributed by atoms with Gasteiger partial charge < -0.3 is 4.74 Å². The molecule has 1 heterocycles. The maximum atomic E-state index is 13.8. The molecule has 1 amide bonds. The molecule has 0 saturated carbocycles. The lowest BCUT2D eigenvalue weighted by Gasteiger charge is -2.33. The largest absolute Gasteiger partial charge is 0.433 e. The number of hydrogen-bond acceptors (Lipinski definition) is 3. The fourth-order valence-electron chi connectivity index (χ4n) is 4.55. The Labute approximate surface area is 203 Å². The highest BCUT2D eigenvalue weighted by Gasteiger charge is 2.54. The molecule has 0 aliphatic carbocycles. The van der Waals surface area contributed by atoms with E-state index in [0.29, 0.717) is 25.2 Å². The number of carbonyl (C=O) groups excluding carboxylic acids is 1. The lowest BCUT2D eigenvalue weighted by atomic mass is 10.0. The third-order valence-electron chi connectivity index (χ3n) is 6.17. The number of halogens is 3. The molecule has 0 radical (unpaired) electrons. The fraction of sp³-hybridized carbons (Fsp3) is 0.321. The second-order valence-electron chi connectivity index (χ2n) is 8.94. The zero-order valence-electron chi connectivity index (χ0n) is 19.6. The van der Waals surface area contributed by atoms with Crippen molar-refractivity contribution >= 4 is 5.91 Å². The fourth-order valence-corrected chi connectivity index (χ4v) is 4.55. The molecular formula is C28H29F3N2O2. The van der Waals surface area contributed by atoms with E-state index in [9.17, 15) is 18.0 Å². The molecule has 3 aromatic carbocycles. The van der Waals surface area contributed by atoms with E-state index in [0.717, 1.165) is 16.0 Å². The first-order valence-electron chi connectivity index (χ1n) is 11.7. The van der Waals surface area contributed by atoms with Crippen LogP contribution in [0.1, 0.15) is 29.7 Å². The minimum atomic E-state index is -4.67. The Morgan fingerprint density at radius 1 is 0.914 bits per heavy atom. The third-order valence-corrected chi connectivity index (χ3v) is 6.17. The van der Waals surface area contributed by atoms with Crippen LogP contribution in [0.5, 0.6) is 0 Å². The molecule has 3 aromatic rings. The number of nitrogens with zero attached hydrogens (tertiary/aromatic N) is 2. The van der Waals surface area contributed by atoms with E-state index in [1.54, 1.807) is 37.3 Å².